The summed E-state index contributed by atoms with van der Waals surface area (Å²) in [5.41, 5.74) is 0. The summed E-state index contributed by atoms with van der Waals surface area (Å²) in [6.07, 6.45) is 0.713. The predicted octanol–water partition coefficient (Wildman–Crippen LogP) is 2.23. The van der Waals surface area contributed by atoms with Gasteiger partial charge in [0.1, 0.15) is 5.82 Å². The molecule has 0 spiro atoms. The van der Waals surface area contributed by atoms with Crippen LogP contribution in [0.2, 0.25) is 0 Å². The van der Waals surface area contributed by atoms with Crippen LogP contribution >= 0.6 is 15.9 Å². The van der Waals surface area contributed by atoms with Crippen molar-refractivity contribution >= 4 is 26.0 Å². The first-order valence-electron chi connectivity index (χ1n) is 4.76. The van der Waals surface area contributed by atoms with Crippen molar-refractivity contribution in [2.45, 2.75) is 11.3 Å². The molecule has 0 aromatic heterocycles. The van der Waals surface area contributed by atoms with Crippen molar-refractivity contribution in [1.29, 1.82) is 0 Å². The van der Waals surface area contributed by atoms with Gasteiger partial charge in [-0.1, -0.05) is 22.0 Å². The van der Waals surface area contributed by atoms with Crippen LogP contribution < -0.4 is 0 Å². The Morgan fingerprint density at radius 2 is 2.12 bits per heavy atom. The summed E-state index contributed by atoms with van der Waals surface area (Å²) in [6.45, 7) is 0.407. The highest BCUT2D eigenvalue weighted by atomic mass is 79.9. The molecule has 0 N–H and O–H groups in total. The van der Waals surface area contributed by atoms with E-state index in [1.165, 1.54) is 29.6 Å². The third-order valence-electron chi connectivity index (χ3n) is 2.11. The minimum absolute atomic E-state index is 0.00966. The predicted molar refractivity (Wildman–Crippen MR) is 64.6 cm³/mol. The molecule has 0 amide bonds. The van der Waals surface area contributed by atoms with Crippen molar-refractivity contribution in [3.63, 3.8) is 0 Å². The first-order valence-corrected chi connectivity index (χ1v) is 7.32. The maximum absolute atomic E-state index is 12.9. The van der Waals surface area contributed by atoms with Crippen molar-refractivity contribution in [3.8, 4) is 0 Å². The van der Waals surface area contributed by atoms with E-state index in [2.05, 4.69) is 15.9 Å². The molecule has 16 heavy (non-hydrogen) atoms. The van der Waals surface area contributed by atoms with Gasteiger partial charge in [-0.3, -0.25) is 0 Å². The molecule has 6 heteroatoms. The second kappa shape index (κ2) is 5.75. The van der Waals surface area contributed by atoms with Crippen molar-refractivity contribution in [3.05, 3.63) is 30.1 Å². The molecule has 0 unspecified atom stereocenters. The quantitative estimate of drug-likeness (QED) is 0.782. The molecule has 1 aromatic carbocycles. The summed E-state index contributed by atoms with van der Waals surface area (Å²) in [7, 11) is -2.07. The lowest BCUT2D eigenvalue weighted by Gasteiger charge is -2.16. The molecule has 0 heterocycles. The highest BCUT2D eigenvalue weighted by Gasteiger charge is 2.20. The van der Waals surface area contributed by atoms with E-state index in [0.717, 1.165) is 11.4 Å². The van der Waals surface area contributed by atoms with E-state index >= 15 is 0 Å². The van der Waals surface area contributed by atoms with E-state index in [1.807, 2.05) is 0 Å². The van der Waals surface area contributed by atoms with E-state index in [-0.39, 0.29) is 4.90 Å². The normalized spacial score (nSPS) is 12.0. The van der Waals surface area contributed by atoms with Crippen LogP contribution in [0.3, 0.4) is 0 Å². The molecule has 0 saturated carbocycles. The summed E-state index contributed by atoms with van der Waals surface area (Å²) in [6, 6.07) is 5.03. The van der Waals surface area contributed by atoms with Gasteiger partial charge in [0.2, 0.25) is 10.0 Å². The van der Waals surface area contributed by atoms with E-state index in [1.54, 1.807) is 0 Å². The van der Waals surface area contributed by atoms with E-state index < -0.39 is 15.8 Å². The van der Waals surface area contributed by atoms with Crippen molar-refractivity contribution < 1.29 is 12.8 Å². The Bertz CT molecular complexity index is 450. The zero-order valence-electron chi connectivity index (χ0n) is 8.86. The molecule has 1 aromatic rings. The molecular formula is C10H13BrFNO2S. The Morgan fingerprint density at radius 3 is 2.69 bits per heavy atom. The summed E-state index contributed by atoms with van der Waals surface area (Å²) in [5, 5.41) is 0.732. The molecule has 0 bridgehead atoms. The monoisotopic (exact) mass is 309 g/mol. The summed E-state index contributed by atoms with van der Waals surface area (Å²) in [4.78, 5) is -0.00966. The molecule has 3 nitrogen and oxygen atoms in total. The fraction of sp³-hybridized carbons (Fsp3) is 0.400. The van der Waals surface area contributed by atoms with Gasteiger partial charge in [0.15, 0.2) is 0 Å². The van der Waals surface area contributed by atoms with Crippen LogP contribution in [0.15, 0.2) is 29.2 Å². The first kappa shape index (κ1) is 13.6. The van der Waals surface area contributed by atoms with Gasteiger partial charge >= 0.3 is 0 Å². The Balaban J connectivity index is 2.93. The molecule has 0 fully saturated rings. The molecular weight excluding hydrogens is 297 g/mol. The van der Waals surface area contributed by atoms with Crippen LogP contribution in [0.25, 0.3) is 0 Å². The fourth-order valence-electron chi connectivity index (χ4n) is 1.21. The van der Waals surface area contributed by atoms with Crippen LogP contribution in [-0.4, -0.2) is 31.6 Å². The number of hydrogen-bond acceptors (Lipinski definition) is 2. The van der Waals surface area contributed by atoms with E-state index in [9.17, 15) is 12.8 Å². The SMILES string of the molecule is CN(CCCBr)S(=O)(=O)c1cccc(F)c1. The fourth-order valence-corrected chi connectivity index (χ4v) is 2.70. The van der Waals surface area contributed by atoms with Gasteiger partial charge in [0.05, 0.1) is 4.90 Å². The number of benzene rings is 1. The Kier molecular flexibility index (Phi) is 4.89. The van der Waals surface area contributed by atoms with Gasteiger partial charge in [0.25, 0.3) is 0 Å². The number of nitrogens with zero attached hydrogens (tertiary/aromatic N) is 1. The molecule has 0 saturated heterocycles. The standard InChI is InChI=1S/C10H13BrFNO2S/c1-13(7-3-6-11)16(14,15)10-5-2-4-9(12)8-10/h2,4-5,8H,3,6-7H2,1H3. The van der Waals surface area contributed by atoms with Crippen LogP contribution in [0.4, 0.5) is 4.39 Å². The number of rotatable bonds is 5. The van der Waals surface area contributed by atoms with Crippen molar-refractivity contribution in [2.24, 2.45) is 0 Å². The zero-order chi connectivity index (χ0) is 12.2. The first-order chi connectivity index (χ1) is 7.48. The lowest BCUT2D eigenvalue weighted by molar-refractivity contribution is 0.469. The summed E-state index contributed by atoms with van der Waals surface area (Å²) >= 11 is 3.23. The van der Waals surface area contributed by atoms with Gasteiger partial charge < -0.3 is 0 Å². The highest BCUT2D eigenvalue weighted by Crippen LogP contribution is 2.15. The minimum atomic E-state index is -3.56. The third-order valence-corrected chi connectivity index (χ3v) is 4.52. The van der Waals surface area contributed by atoms with Gasteiger partial charge in [0, 0.05) is 18.9 Å². The van der Waals surface area contributed by atoms with Gasteiger partial charge in [-0.15, -0.1) is 0 Å². The minimum Gasteiger partial charge on any atom is -0.207 e. The topological polar surface area (TPSA) is 37.4 Å². The molecule has 0 radical (unpaired) electrons. The Hall–Kier alpha value is -0.460. The molecule has 0 aliphatic heterocycles. The van der Waals surface area contributed by atoms with Crippen LogP contribution in [0.5, 0.6) is 0 Å². The smallest absolute Gasteiger partial charge is 0.207 e. The molecule has 0 atom stereocenters. The molecule has 0 aliphatic rings. The number of hydrogen-bond donors (Lipinski definition) is 0. The van der Waals surface area contributed by atoms with Crippen molar-refractivity contribution in [2.75, 3.05) is 18.9 Å². The number of alkyl halides is 1. The summed E-state index contributed by atoms with van der Waals surface area (Å²) < 4.78 is 38.0. The van der Waals surface area contributed by atoms with Crippen LogP contribution in [0, 0.1) is 5.82 Å². The highest BCUT2D eigenvalue weighted by molar-refractivity contribution is 9.09. The number of sulfonamides is 1. The molecule has 90 valence electrons. The maximum Gasteiger partial charge on any atom is 0.242 e. The van der Waals surface area contributed by atoms with E-state index in [4.69, 9.17) is 0 Å². The maximum atomic E-state index is 12.9. The summed E-state index contributed by atoms with van der Waals surface area (Å²) in [5.74, 6) is -0.546. The Labute approximate surface area is 103 Å². The second-order valence-electron chi connectivity index (χ2n) is 3.33. The van der Waals surface area contributed by atoms with Crippen LogP contribution in [-0.2, 0) is 10.0 Å². The molecule has 1 rings (SSSR count). The number of halogens is 2. The lowest BCUT2D eigenvalue weighted by atomic mass is 10.4. The van der Waals surface area contributed by atoms with Crippen molar-refractivity contribution in [1.82, 2.24) is 4.31 Å². The zero-order valence-corrected chi connectivity index (χ0v) is 11.3. The lowest BCUT2D eigenvalue weighted by Crippen LogP contribution is -2.28. The molecule has 0 aliphatic carbocycles. The largest absolute Gasteiger partial charge is 0.242 e. The third kappa shape index (κ3) is 3.26. The average Bonchev–Trinajstić information content (AvgIpc) is 2.25. The van der Waals surface area contributed by atoms with Gasteiger partial charge in [-0.2, -0.15) is 0 Å². The second-order valence-corrected chi connectivity index (χ2v) is 6.16. The van der Waals surface area contributed by atoms with E-state index in [0.29, 0.717) is 13.0 Å². The van der Waals surface area contributed by atoms with Gasteiger partial charge in [-0.05, 0) is 24.6 Å². The van der Waals surface area contributed by atoms with Gasteiger partial charge in [-0.25, -0.2) is 17.1 Å². The average molecular weight is 310 g/mol. The Morgan fingerprint density at radius 1 is 1.44 bits per heavy atom. The van der Waals surface area contributed by atoms with Crippen LogP contribution in [0.1, 0.15) is 6.42 Å².